The number of carbonyl (C=O) groups excluding carboxylic acids is 4. The third-order valence-electron chi connectivity index (χ3n) is 4.07. The molecule has 28 heavy (non-hydrogen) atoms. The molecule has 11 heteroatoms. The number of hydrogen-bond acceptors (Lipinski definition) is 8. The zero-order valence-corrected chi connectivity index (χ0v) is 15.5. The number of nitro groups is 1. The molecule has 2 amide bonds. The molecule has 0 aliphatic rings. The van der Waals surface area contributed by atoms with Gasteiger partial charge in [-0.1, -0.05) is 19.1 Å². The van der Waals surface area contributed by atoms with E-state index in [2.05, 4.69) is 14.8 Å². The van der Waals surface area contributed by atoms with Gasteiger partial charge in [0.25, 0.3) is 5.69 Å². The third kappa shape index (κ3) is 5.76. The number of benzene rings is 1. The Kier molecular flexibility index (Phi) is 8.05. The second kappa shape index (κ2) is 10.00. The summed E-state index contributed by atoms with van der Waals surface area (Å²) in [5.74, 6) is -6.09. The smallest absolute Gasteiger partial charge is 0.320 e. The molecule has 1 aromatic carbocycles. The van der Waals surface area contributed by atoms with Crippen molar-refractivity contribution < 1.29 is 33.6 Å². The first-order chi connectivity index (χ1) is 13.1. The molecule has 0 aliphatic carbocycles. The van der Waals surface area contributed by atoms with Gasteiger partial charge in [-0.15, -0.1) is 0 Å². The van der Waals surface area contributed by atoms with Gasteiger partial charge in [0.2, 0.25) is 11.8 Å². The van der Waals surface area contributed by atoms with E-state index in [-0.39, 0.29) is 12.1 Å². The molecular formula is C17H21N3O8. The van der Waals surface area contributed by atoms with Crippen molar-refractivity contribution in [1.29, 1.82) is 0 Å². The van der Waals surface area contributed by atoms with Crippen LogP contribution in [0.1, 0.15) is 12.5 Å². The maximum absolute atomic E-state index is 12.3. The van der Waals surface area contributed by atoms with E-state index in [0.717, 1.165) is 14.2 Å². The lowest BCUT2D eigenvalue weighted by atomic mass is 9.86. The molecule has 11 nitrogen and oxygen atoms in total. The number of esters is 2. The van der Waals surface area contributed by atoms with E-state index in [1.807, 2.05) is 0 Å². The minimum absolute atomic E-state index is 0.193. The van der Waals surface area contributed by atoms with Crippen molar-refractivity contribution in [2.45, 2.75) is 19.4 Å². The number of ether oxygens (including phenoxy) is 2. The van der Waals surface area contributed by atoms with Crippen molar-refractivity contribution in [1.82, 2.24) is 5.32 Å². The zero-order chi connectivity index (χ0) is 21.4. The number of methoxy groups -OCH3 is 2. The molecule has 0 spiro atoms. The largest absolute Gasteiger partial charge is 0.468 e. The fourth-order valence-electron chi connectivity index (χ4n) is 2.62. The summed E-state index contributed by atoms with van der Waals surface area (Å²) in [5, 5.41) is 13.2. The molecule has 1 aromatic rings. The minimum atomic E-state index is -1.48. The fourth-order valence-corrected chi connectivity index (χ4v) is 2.62. The summed E-state index contributed by atoms with van der Waals surface area (Å²) < 4.78 is 9.11. The summed E-state index contributed by atoms with van der Waals surface area (Å²) in [6.07, 6.45) is -0.278. The van der Waals surface area contributed by atoms with Crippen LogP contribution in [0.4, 0.5) is 5.69 Å². The molecule has 3 N–H and O–H groups in total. The van der Waals surface area contributed by atoms with Crippen LogP contribution >= 0.6 is 0 Å². The molecule has 0 heterocycles. The van der Waals surface area contributed by atoms with Crippen LogP contribution in [-0.2, 0) is 35.1 Å². The molecule has 2 atom stereocenters. The summed E-state index contributed by atoms with van der Waals surface area (Å²) in [6.45, 7) is 1.36. The van der Waals surface area contributed by atoms with Crippen molar-refractivity contribution >= 4 is 29.4 Å². The van der Waals surface area contributed by atoms with E-state index in [9.17, 15) is 29.3 Å². The van der Waals surface area contributed by atoms with Crippen molar-refractivity contribution in [3.05, 3.63) is 39.9 Å². The monoisotopic (exact) mass is 395 g/mol. The van der Waals surface area contributed by atoms with Gasteiger partial charge in [0.05, 0.1) is 25.6 Å². The van der Waals surface area contributed by atoms with E-state index in [0.29, 0.717) is 5.56 Å². The third-order valence-corrected chi connectivity index (χ3v) is 4.07. The highest BCUT2D eigenvalue weighted by Crippen LogP contribution is 2.20. The molecule has 152 valence electrons. The van der Waals surface area contributed by atoms with Crippen LogP contribution < -0.4 is 11.1 Å². The highest BCUT2D eigenvalue weighted by atomic mass is 16.6. The standard InChI is InChI=1S/C17H21N3O8/c1-9(13(16(23)27-2)17(24)28-3)14(15(18)22)19-12(21)8-10-5-4-6-11(7-10)20(25)26/h4-7,9,13-14H,8H2,1-3H3,(H2,18,22)(H,19,21)/t9-,14-/m0/s1. The van der Waals surface area contributed by atoms with Crippen LogP contribution in [-0.4, -0.2) is 48.9 Å². The number of nitrogens with one attached hydrogen (secondary N) is 1. The molecule has 0 unspecified atom stereocenters. The normalized spacial score (nSPS) is 12.6. The zero-order valence-electron chi connectivity index (χ0n) is 15.5. The van der Waals surface area contributed by atoms with Gasteiger partial charge < -0.3 is 20.5 Å². The first-order valence-corrected chi connectivity index (χ1v) is 8.10. The number of hydrogen-bond donors (Lipinski definition) is 2. The van der Waals surface area contributed by atoms with Crippen molar-refractivity contribution in [3.8, 4) is 0 Å². The van der Waals surface area contributed by atoms with Gasteiger partial charge in [-0.2, -0.15) is 0 Å². The van der Waals surface area contributed by atoms with E-state index in [4.69, 9.17) is 5.73 Å². The summed E-state index contributed by atoms with van der Waals surface area (Å²) in [5.41, 5.74) is 5.46. The number of nitro benzene ring substituents is 1. The summed E-state index contributed by atoms with van der Waals surface area (Å²) >= 11 is 0. The molecule has 0 fully saturated rings. The van der Waals surface area contributed by atoms with Crippen LogP contribution in [0.3, 0.4) is 0 Å². The lowest BCUT2D eigenvalue weighted by Crippen LogP contribution is -2.53. The Morgan fingerprint density at radius 2 is 1.75 bits per heavy atom. The number of nitrogens with zero attached hydrogens (tertiary/aromatic N) is 1. The van der Waals surface area contributed by atoms with Crippen LogP contribution in [0, 0.1) is 22.0 Å². The van der Waals surface area contributed by atoms with Crippen LogP contribution in [0.25, 0.3) is 0 Å². The minimum Gasteiger partial charge on any atom is -0.468 e. The van der Waals surface area contributed by atoms with Gasteiger partial charge in [-0.05, 0) is 5.56 Å². The number of amides is 2. The average Bonchev–Trinajstić information content (AvgIpc) is 2.65. The number of nitrogens with two attached hydrogens (primary N) is 1. The van der Waals surface area contributed by atoms with Crippen LogP contribution in [0.5, 0.6) is 0 Å². The van der Waals surface area contributed by atoms with Gasteiger partial charge >= 0.3 is 11.9 Å². The van der Waals surface area contributed by atoms with Crippen LogP contribution in [0.2, 0.25) is 0 Å². The lowest BCUT2D eigenvalue weighted by molar-refractivity contribution is -0.384. The van der Waals surface area contributed by atoms with E-state index < -0.39 is 46.6 Å². The van der Waals surface area contributed by atoms with Crippen LogP contribution in [0.15, 0.2) is 24.3 Å². The molecule has 0 radical (unpaired) electrons. The summed E-state index contributed by atoms with van der Waals surface area (Å²) in [4.78, 5) is 58.1. The fraction of sp³-hybridized carbons (Fsp3) is 0.412. The van der Waals surface area contributed by atoms with Gasteiger partial charge in [0.15, 0.2) is 5.92 Å². The van der Waals surface area contributed by atoms with E-state index in [1.54, 1.807) is 0 Å². The Hall–Kier alpha value is -3.50. The van der Waals surface area contributed by atoms with E-state index >= 15 is 0 Å². The topological polar surface area (TPSA) is 168 Å². The molecule has 0 saturated heterocycles. The second-order valence-corrected chi connectivity index (χ2v) is 5.93. The summed E-state index contributed by atoms with van der Waals surface area (Å²) in [7, 11) is 2.12. The predicted octanol–water partition coefficient (Wildman–Crippen LogP) is -0.294. The molecular weight excluding hydrogens is 374 g/mol. The van der Waals surface area contributed by atoms with Crippen molar-refractivity contribution in [2.24, 2.45) is 17.6 Å². The molecule has 0 aliphatic heterocycles. The van der Waals surface area contributed by atoms with Gasteiger partial charge in [0.1, 0.15) is 6.04 Å². The average molecular weight is 395 g/mol. The lowest BCUT2D eigenvalue weighted by Gasteiger charge is -2.26. The Bertz CT molecular complexity index is 763. The molecule has 1 rings (SSSR count). The Morgan fingerprint density at radius 1 is 1.18 bits per heavy atom. The molecule has 0 aromatic heterocycles. The number of non-ortho nitro benzene ring substituents is 1. The molecule has 0 saturated carbocycles. The molecule has 0 bridgehead atoms. The first-order valence-electron chi connectivity index (χ1n) is 8.10. The highest BCUT2D eigenvalue weighted by molar-refractivity contribution is 5.97. The van der Waals surface area contributed by atoms with E-state index in [1.165, 1.54) is 31.2 Å². The van der Waals surface area contributed by atoms with Crippen molar-refractivity contribution in [2.75, 3.05) is 14.2 Å². The van der Waals surface area contributed by atoms with Gasteiger partial charge in [-0.3, -0.25) is 29.3 Å². The second-order valence-electron chi connectivity index (χ2n) is 5.93. The Labute approximate surface area is 160 Å². The van der Waals surface area contributed by atoms with Gasteiger partial charge in [0, 0.05) is 18.1 Å². The number of primary amides is 1. The quantitative estimate of drug-likeness (QED) is 0.249. The maximum atomic E-state index is 12.3. The Morgan fingerprint density at radius 3 is 2.21 bits per heavy atom. The maximum Gasteiger partial charge on any atom is 0.320 e. The Balaban J connectivity index is 2.99. The van der Waals surface area contributed by atoms with Gasteiger partial charge in [-0.25, -0.2) is 0 Å². The van der Waals surface area contributed by atoms with Crippen molar-refractivity contribution in [3.63, 3.8) is 0 Å². The highest BCUT2D eigenvalue weighted by Gasteiger charge is 2.41. The SMILES string of the molecule is COC(=O)C(C(=O)OC)[C@H](C)[C@H](NC(=O)Cc1cccc([N+](=O)[O-])c1)C(N)=O. The summed E-state index contributed by atoms with van der Waals surface area (Å²) in [6, 6.07) is 4.02. The number of carbonyl (C=O) groups is 4. The number of rotatable bonds is 9. The first kappa shape index (κ1) is 22.5. The predicted molar refractivity (Wildman–Crippen MR) is 94.6 cm³/mol.